The van der Waals surface area contributed by atoms with E-state index in [0.717, 1.165) is 5.56 Å². The van der Waals surface area contributed by atoms with E-state index in [4.69, 9.17) is 4.74 Å². The third-order valence-corrected chi connectivity index (χ3v) is 6.80. The fourth-order valence-corrected chi connectivity index (χ4v) is 4.40. The molecule has 0 aliphatic heterocycles. The van der Waals surface area contributed by atoms with Crippen LogP contribution in [0.25, 0.3) is 0 Å². The van der Waals surface area contributed by atoms with Gasteiger partial charge in [-0.2, -0.15) is 0 Å². The van der Waals surface area contributed by atoms with E-state index in [-0.39, 0.29) is 30.0 Å². The van der Waals surface area contributed by atoms with Crippen LogP contribution in [0.15, 0.2) is 48.5 Å². The summed E-state index contributed by atoms with van der Waals surface area (Å²) in [6.07, 6.45) is 0.229. The van der Waals surface area contributed by atoms with Crippen molar-refractivity contribution in [2.45, 2.75) is 105 Å². The number of amides is 3. The molecule has 3 amide bonds. The zero-order valence-corrected chi connectivity index (χ0v) is 25.5. The molecule has 2 aromatic rings. The Bertz CT molecular complexity index is 1150. The van der Waals surface area contributed by atoms with E-state index in [1.165, 1.54) is 6.07 Å². The molecule has 0 aliphatic rings. The van der Waals surface area contributed by atoms with Gasteiger partial charge >= 0.3 is 6.09 Å². The fraction of sp³-hybridized carbons (Fsp3) is 0.531. The summed E-state index contributed by atoms with van der Waals surface area (Å²) in [4.78, 5) is 42.8. The van der Waals surface area contributed by atoms with Crippen LogP contribution in [0.5, 0.6) is 5.75 Å². The van der Waals surface area contributed by atoms with E-state index in [0.29, 0.717) is 24.0 Å². The van der Waals surface area contributed by atoms with Crippen LogP contribution in [0.4, 0.5) is 4.79 Å². The van der Waals surface area contributed by atoms with Crippen molar-refractivity contribution in [1.82, 2.24) is 15.5 Å². The van der Waals surface area contributed by atoms with Crippen LogP contribution >= 0.6 is 0 Å². The first-order valence-electron chi connectivity index (χ1n) is 14.0. The fourth-order valence-electron chi connectivity index (χ4n) is 4.40. The van der Waals surface area contributed by atoms with Gasteiger partial charge in [0.25, 0.3) is 0 Å². The Kier molecular flexibility index (Phi) is 11.2. The summed E-state index contributed by atoms with van der Waals surface area (Å²) in [6, 6.07) is 12.5. The average Bonchev–Trinajstić information content (AvgIpc) is 2.86. The number of ether oxygens (including phenoxy) is 1. The molecule has 8 heteroatoms. The molecule has 0 bridgehead atoms. The van der Waals surface area contributed by atoms with E-state index < -0.39 is 29.3 Å². The molecule has 0 radical (unpaired) electrons. The topological polar surface area (TPSA) is 108 Å². The van der Waals surface area contributed by atoms with Gasteiger partial charge in [-0.15, -0.1) is 0 Å². The summed E-state index contributed by atoms with van der Waals surface area (Å²) in [5.74, 6) is -0.553. The molecule has 220 valence electrons. The van der Waals surface area contributed by atoms with Crippen LogP contribution in [0.2, 0.25) is 0 Å². The number of nitrogens with zero attached hydrogens (tertiary/aromatic N) is 1. The van der Waals surface area contributed by atoms with Crippen molar-refractivity contribution in [3.05, 3.63) is 65.2 Å². The predicted molar refractivity (Wildman–Crippen MR) is 158 cm³/mol. The summed E-state index contributed by atoms with van der Waals surface area (Å²) < 4.78 is 5.47. The van der Waals surface area contributed by atoms with Crippen molar-refractivity contribution in [3.63, 3.8) is 0 Å². The van der Waals surface area contributed by atoms with Gasteiger partial charge in [-0.05, 0) is 89.1 Å². The molecule has 0 heterocycles. The van der Waals surface area contributed by atoms with Crippen LogP contribution in [0.1, 0.15) is 91.0 Å². The van der Waals surface area contributed by atoms with Crippen molar-refractivity contribution in [2.24, 2.45) is 5.92 Å². The lowest BCUT2D eigenvalue weighted by Crippen LogP contribution is -2.59. The number of carbonyl (C=O) groups is 3. The lowest BCUT2D eigenvalue weighted by atomic mass is 9.90. The number of phenols is 1. The second-order valence-electron chi connectivity index (χ2n) is 12.4. The monoisotopic (exact) mass is 553 g/mol. The molecule has 3 N–H and O–H groups in total. The Morgan fingerprint density at radius 1 is 1.00 bits per heavy atom. The number of aryl methyl sites for hydroxylation is 1. The maximum atomic E-state index is 14.5. The number of rotatable bonds is 11. The molecule has 0 aliphatic carbocycles. The van der Waals surface area contributed by atoms with Crippen LogP contribution < -0.4 is 10.6 Å². The van der Waals surface area contributed by atoms with Gasteiger partial charge < -0.3 is 25.4 Å². The normalized spacial score (nSPS) is 13.3. The van der Waals surface area contributed by atoms with Crippen LogP contribution in [0, 0.1) is 12.8 Å². The highest BCUT2D eigenvalue weighted by molar-refractivity contribution is 5.92. The summed E-state index contributed by atoms with van der Waals surface area (Å²) in [7, 11) is 0. The molecule has 0 spiro atoms. The lowest BCUT2D eigenvalue weighted by molar-refractivity contribution is -0.149. The van der Waals surface area contributed by atoms with Gasteiger partial charge in [0, 0.05) is 12.1 Å². The number of aromatic hydroxyl groups is 1. The van der Waals surface area contributed by atoms with Gasteiger partial charge in [0.1, 0.15) is 23.4 Å². The second kappa shape index (κ2) is 13.7. The first-order valence-corrected chi connectivity index (χ1v) is 14.0. The number of nitrogens with one attached hydrogen (secondary N) is 2. The van der Waals surface area contributed by atoms with Crippen molar-refractivity contribution < 1.29 is 24.2 Å². The van der Waals surface area contributed by atoms with Gasteiger partial charge in [-0.3, -0.25) is 9.59 Å². The standard InChI is InChI=1S/C32H47N3O5/c1-10-32(8,9)35(29(38)25(18-21(2)3)34-30(39)40-31(5,6)7)27(24-16-17-26(36)22(4)19-24)28(37)33-20-23-14-12-11-13-15-23/h11-17,19,21,25,27,36H,10,18,20H2,1-9H3,(H,33,37)(H,34,39). The summed E-state index contributed by atoms with van der Waals surface area (Å²) in [5, 5.41) is 16.0. The van der Waals surface area contributed by atoms with Gasteiger partial charge in [0.05, 0.1) is 0 Å². The molecule has 2 unspecified atom stereocenters. The Labute approximate surface area is 239 Å². The summed E-state index contributed by atoms with van der Waals surface area (Å²) >= 11 is 0. The third-order valence-electron chi connectivity index (χ3n) is 6.80. The Morgan fingerprint density at radius 3 is 2.15 bits per heavy atom. The van der Waals surface area contributed by atoms with Crippen molar-refractivity contribution >= 4 is 17.9 Å². The van der Waals surface area contributed by atoms with E-state index in [1.807, 2.05) is 65.0 Å². The number of carbonyl (C=O) groups excluding carboxylic acids is 3. The van der Waals surface area contributed by atoms with Gasteiger partial charge in [-0.25, -0.2) is 4.79 Å². The Balaban J connectivity index is 2.60. The lowest BCUT2D eigenvalue weighted by Gasteiger charge is -2.45. The molecule has 2 rings (SSSR count). The van der Waals surface area contributed by atoms with Gasteiger partial charge in [0.2, 0.25) is 11.8 Å². The molecule has 40 heavy (non-hydrogen) atoms. The van der Waals surface area contributed by atoms with Crippen molar-refractivity contribution in [3.8, 4) is 5.75 Å². The Hall–Kier alpha value is -3.55. The number of alkyl carbamates (subject to hydrolysis) is 1. The predicted octanol–water partition coefficient (Wildman–Crippen LogP) is 6.01. The first-order chi connectivity index (χ1) is 18.6. The van der Waals surface area contributed by atoms with Crippen molar-refractivity contribution in [2.75, 3.05) is 0 Å². The molecule has 8 nitrogen and oxygen atoms in total. The minimum absolute atomic E-state index is 0.0803. The smallest absolute Gasteiger partial charge is 0.408 e. The highest BCUT2D eigenvalue weighted by Crippen LogP contribution is 2.34. The van der Waals surface area contributed by atoms with Crippen LogP contribution in [-0.2, 0) is 20.9 Å². The van der Waals surface area contributed by atoms with Gasteiger partial charge in [-0.1, -0.05) is 57.2 Å². The molecular weight excluding hydrogens is 506 g/mol. The van der Waals surface area contributed by atoms with E-state index in [1.54, 1.807) is 44.7 Å². The molecule has 0 saturated heterocycles. The summed E-state index contributed by atoms with van der Waals surface area (Å²) in [5.41, 5.74) is 0.583. The van der Waals surface area contributed by atoms with E-state index >= 15 is 0 Å². The molecule has 0 saturated carbocycles. The second-order valence-corrected chi connectivity index (χ2v) is 12.4. The molecule has 0 fully saturated rings. The highest BCUT2D eigenvalue weighted by Gasteiger charge is 2.43. The minimum atomic E-state index is -1.01. The average molecular weight is 554 g/mol. The quantitative estimate of drug-likeness (QED) is 0.316. The van der Waals surface area contributed by atoms with Crippen LogP contribution in [-0.4, -0.2) is 45.1 Å². The largest absolute Gasteiger partial charge is 0.508 e. The maximum Gasteiger partial charge on any atom is 0.408 e. The maximum absolute atomic E-state index is 14.5. The SMILES string of the molecule is CCC(C)(C)N(C(=O)C(CC(C)C)NC(=O)OC(C)(C)C)C(C(=O)NCc1ccccc1)c1ccc(O)c(C)c1. The van der Waals surface area contributed by atoms with Gasteiger partial charge in [0.15, 0.2) is 0 Å². The Morgan fingerprint density at radius 2 is 1.62 bits per heavy atom. The molecule has 0 aromatic heterocycles. The van der Waals surface area contributed by atoms with Crippen LogP contribution in [0.3, 0.4) is 0 Å². The first kappa shape index (κ1) is 32.7. The molecule has 2 aromatic carbocycles. The summed E-state index contributed by atoms with van der Waals surface area (Å²) in [6.45, 7) is 17.0. The zero-order valence-electron chi connectivity index (χ0n) is 25.5. The van der Waals surface area contributed by atoms with Crippen molar-refractivity contribution in [1.29, 1.82) is 0 Å². The highest BCUT2D eigenvalue weighted by atomic mass is 16.6. The van der Waals surface area contributed by atoms with E-state index in [2.05, 4.69) is 10.6 Å². The van der Waals surface area contributed by atoms with E-state index in [9.17, 15) is 19.5 Å². The molecular formula is C32H47N3O5. The number of hydrogen-bond acceptors (Lipinski definition) is 5. The number of benzene rings is 2. The number of phenolic OH excluding ortho intramolecular Hbond substituents is 1. The minimum Gasteiger partial charge on any atom is -0.508 e. The third kappa shape index (κ3) is 9.28. The zero-order chi connectivity index (χ0) is 30.3. The number of hydrogen-bond donors (Lipinski definition) is 3. The molecule has 2 atom stereocenters.